The van der Waals surface area contributed by atoms with Crippen molar-refractivity contribution in [2.24, 2.45) is 5.73 Å². The fourth-order valence-corrected chi connectivity index (χ4v) is 3.09. The van der Waals surface area contributed by atoms with Gasteiger partial charge in [-0.05, 0) is 30.9 Å². The van der Waals surface area contributed by atoms with Crippen LogP contribution in [0.15, 0.2) is 24.3 Å². The third kappa shape index (κ3) is 3.63. The van der Waals surface area contributed by atoms with E-state index in [1.807, 2.05) is 11.9 Å². The van der Waals surface area contributed by atoms with Crippen LogP contribution in [0, 0.1) is 6.92 Å². The fourth-order valence-electron chi connectivity index (χ4n) is 3.09. The van der Waals surface area contributed by atoms with Crippen LogP contribution < -0.4 is 5.73 Å². The molecule has 1 aromatic rings. The van der Waals surface area contributed by atoms with E-state index in [0.29, 0.717) is 6.54 Å². The molecule has 2 atom stereocenters. The number of benzene rings is 1. The molecule has 1 amide bonds. The number of carbonyl (C=O) groups is 1. The molecule has 21 heavy (non-hydrogen) atoms. The number of nitrogens with zero attached hydrogens (tertiary/aromatic N) is 2. The van der Waals surface area contributed by atoms with Gasteiger partial charge in [0.05, 0.1) is 12.6 Å². The molecule has 4 nitrogen and oxygen atoms in total. The predicted molar refractivity (Wildman–Crippen MR) is 86.0 cm³/mol. The molecular weight excluding hydrogens is 262 g/mol. The second-order valence-corrected chi connectivity index (χ2v) is 6.01. The van der Waals surface area contributed by atoms with Crippen molar-refractivity contribution in [2.75, 3.05) is 26.7 Å². The topological polar surface area (TPSA) is 49.6 Å². The standard InChI is InChI=1S/C17H27N3O/c1-4-15(18)17(14-9-6-5-8-13(14)2)20-11-7-10-19(3)16(21)12-20/h5-6,8-9,15,17H,4,7,10-12,18H2,1-3H3. The number of carbonyl (C=O) groups excluding carboxylic acids is 1. The highest BCUT2D eigenvalue weighted by Crippen LogP contribution is 2.28. The number of aryl methyl sites for hydroxylation is 1. The van der Waals surface area contributed by atoms with E-state index in [9.17, 15) is 4.79 Å². The van der Waals surface area contributed by atoms with Gasteiger partial charge in [0, 0.05) is 26.2 Å². The first-order valence-corrected chi connectivity index (χ1v) is 7.83. The quantitative estimate of drug-likeness (QED) is 0.921. The molecule has 0 aliphatic carbocycles. The first kappa shape index (κ1) is 16.0. The molecule has 0 aromatic heterocycles. The van der Waals surface area contributed by atoms with Crippen molar-refractivity contribution < 1.29 is 4.79 Å². The summed E-state index contributed by atoms with van der Waals surface area (Å²) in [6, 6.07) is 8.54. The highest BCUT2D eigenvalue weighted by atomic mass is 16.2. The van der Waals surface area contributed by atoms with Crippen LogP contribution in [-0.2, 0) is 4.79 Å². The Balaban J connectivity index is 2.32. The molecule has 2 N–H and O–H groups in total. The number of hydrogen-bond donors (Lipinski definition) is 1. The van der Waals surface area contributed by atoms with E-state index in [1.165, 1.54) is 11.1 Å². The highest BCUT2D eigenvalue weighted by Gasteiger charge is 2.30. The maximum absolute atomic E-state index is 12.2. The van der Waals surface area contributed by atoms with Crippen LogP contribution in [0.5, 0.6) is 0 Å². The van der Waals surface area contributed by atoms with Gasteiger partial charge in [-0.15, -0.1) is 0 Å². The van der Waals surface area contributed by atoms with Gasteiger partial charge in [0.25, 0.3) is 0 Å². The van der Waals surface area contributed by atoms with E-state index in [2.05, 4.69) is 43.0 Å². The normalized spacial score (nSPS) is 20.2. The molecule has 0 bridgehead atoms. The number of nitrogens with two attached hydrogens (primary N) is 1. The van der Waals surface area contributed by atoms with Crippen LogP contribution in [-0.4, -0.2) is 48.4 Å². The molecule has 1 heterocycles. The molecule has 2 rings (SSSR count). The van der Waals surface area contributed by atoms with E-state index < -0.39 is 0 Å². The van der Waals surface area contributed by atoms with Crippen molar-refractivity contribution in [2.45, 2.75) is 38.8 Å². The van der Waals surface area contributed by atoms with Gasteiger partial charge in [-0.1, -0.05) is 31.2 Å². The number of hydrogen-bond acceptors (Lipinski definition) is 3. The average Bonchev–Trinajstić information content (AvgIpc) is 2.63. The van der Waals surface area contributed by atoms with Crippen LogP contribution in [0.2, 0.25) is 0 Å². The van der Waals surface area contributed by atoms with Gasteiger partial charge in [-0.3, -0.25) is 9.69 Å². The first-order valence-electron chi connectivity index (χ1n) is 7.83. The lowest BCUT2D eigenvalue weighted by atomic mass is 9.92. The summed E-state index contributed by atoms with van der Waals surface area (Å²) in [7, 11) is 1.88. The summed E-state index contributed by atoms with van der Waals surface area (Å²) in [4.78, 5) is 16.3. The SMILES string of the molecule is CCC(N)C(c1ccccc1C)N1CCCN(C)C(=O)C1. The monoisotopic (exact) mass is 289 g/mol. The molecule has 2 unspecified atom stereocenters. The van der Waals surface area contributed by atoms with Gasteiger partial charge >= 0.3 is 0 Å². The van der Waals surface area contributed by atoms with Crippen molar-refractivity contribution in [1.29, 1.82) is 0 Å². The van der Waals surface area contributed by atoms with Gasteiger partial charge < -0.3 is 10.6 Å². The Labute approximate surface area is 127 Å². The maximum Gasteiger partial charge on any atom is 0.236 e. The fraction of sp³-hybridized carbons (Fsp3) is 0.588. The van der Waals surface area contributed by atoms with Crippen molar-refractivity contribution in [3.8, 4) is 0 Å². The maximum atomic E-state index is 12.2. The van der Waals surface area contributed by atoms with Crippen LogP contribution in [0.1, 0.15) is 36.9 Å². The predicted octanol–water partition coefficient (Wildman–Crippen LogP) is 1.94. The Morgan fingerprint density at radius 2 is 2.00 bits per heavy atom. The lowest BCUT2D eigenvalue weighted by molar-refractivity contribution is -0.130. The molecule has 1 aliphatic heterocycles. The third-order valence-corrected chi connectivity index (χ3v) is 4.48. The third-order valence-electron chi connectivity index (χ3n) is 4.48. The Hall–Kier alpha value is -1.39. The zero-order chi connectivity index (χ0) is 15.4. The molecule has 1 aliphatic rings. The number of rotatable bonds is 4. The van der Waals surface area contributed by atoms with Crippen molar-refractivity contribution in [3.63, 3.8) is 0 Å². The van der Waals surface area contributed by atoms with Gasteiger partial charge in [-0.25, -0.2) is 0 Å². The first-order chi connectivity index (χ1) is 10.0. The zero-order valence-corrected chi connectivity index (χ0v) is 13.4. The van der Waals surface area contributed by atoms with Crippen molar-refractivity contribution >= 4 is 5.91 Å². The summed E-state index contributed by atoms with van der Waals surface area (Å²) in [5, 5.41) is 0. The van der Waals surface area contributed by atoms with Gasteiger partial charge in [0.1, 0.15) is 0 Å². The molecule has 4 heteroatoms. The minimum Gasteiger partial charge on any atom is -0.345 e. The largest absolute Gasteiger partial charge is 0.345 e. The van der Waals surface area contributed by atoms with Crippen molar-refractivity contribution in [3.05, 3.63) is 35.4 Å². The molecular formula is C17H27N3O. The second kappa shape index (κ2) is 7.05. The van der Waals surface area contributed by atoms with Gasteiger partial charge in [0.2, 0.25) is 5.91 Å². The Kier molecular flexibility index (Phi) is 5.37. The van der Waals surface area contributed by atoms with Gasteiger partial charge in [-0.2, -0.15) is 0 Å². The molecule has 1 aromatic carbocycles. The minimum atomic E-state index is 0.0438. The molecule has 1 fully saturated rings. The van der Waals surface area contributed by atoms with E-state index in [-0.39, 0.29) is 18.0 Å². The smallest absolute Gasteiger partial charge is 0.236 e. The van der Waals surface area contributed by atoms with E-state index in [4.69, 9.17) is 5.73 Å². The average molecular weight is 289 g/mol. The molecule has 1 saturated heterocycles. The van der Waals surface area contributed by atoms with Crippen LogP contribution in [0.25, 0.3) is 0 Å². The van der Waals surface area contributed by atoms with Crippen molar-refractivity contribution in [1.82, 2.24) is 9.80 Å². The van der Waals surface area contributed by atoms with E-state index in [0.717, 1.165) is 25.9 Å². The Morgan fingerprint density at radius 3 is 2.67 bits per heavy atom. The second-order valence-electron chi connectivity index (χ2n) is 6.01. The van der Waals surface area contributed by atoms with E-state index >= 15 is 0 Å². The molecule has 0 spiro atoms. The Morgan fingerprint density at radius 1 is 1.29 bits per heavy atom. The lowest BCUT2D eigenvalue weighted by Gasteiger charge is -2.35. The summed E-state index contributed by atoms with van der Waals surface area (Å²) in [5.41, 5.74) is 8.91. The van der Waals surface area contributed by atoms with Crippen LogP contribution >= 0.6 is 0 Å². The molecule has 0 radical (unpaired) electrons. The Bertz CT molecular complexity index is 489. The zero-order valence-electron chi connectivity index (χ0n) is 13.4. The summed E-state index contributed by atoms with van der Waals surface area (Å²) < 4.78 is 0. The summed E-state index contributed by atoms with van der Waals surface area (Å²) in [6.07, 6.45) is 1.90. The molecule has 116 valence electrons. The van der Waals surface area contributed by atoms with Crippen LogP contribution in [0.4, 0.5) is 0 Å². The summed E-state index contributed by atoms with van der Waals surface area (Å²) in [6.45, 7) is 6.45. The van der Waals surface area contributed by atoms with E-state index in [1.54, 1.807) is 0 Å². The van der Waals surface area contributed by atoms with Gasteiger partial charge in [0.15, 0.2) is 0 Å². The summed E-state index contributed by atoms with van der Waals surface area (Å²) in [5.74, 6) is 0.189. The lowest BCUT2D eigenvalue weighted by Crippen LogP contribution is -2.44. The highest BCUT2D eigenvalue weighted by molar-refractivity contribution is 5.78. The molecule has 0 saturated carbocycles. The minimum absolute atomic E-state index is 0.0438. The number of likely N-dealkylation sites (N-methyl/N-ethyl adjacent to an activating group) is 1. The number of amides is 1. The summed E-state index contributed by atoms with van der Waals surface area (Å²) >= 11 is 0. The van der Waals surface area contributed by atoms with Crippen LogP contribution in [0.3, 0.4) is 0 Å².